The quantitative estimate of drug-likeness (QED) is 0.422. The number of aromatic nitrogens is 5. The summed E-state index contributed by atoms with van der Waals surface area (Å²) in [7, 11) is 0. The number of nitrogens with zero attached hydrogens (tertiary/aromatic N) is 7. The summed E-state index contributed by atoms with van der Waals surface area (Å²) in [6, 6.07) is 6.86. The van der Waals surface area contributed by atoms with E-state index in [1.54, 1.807) is 31.5 Å². The molecule has 1 aliphatic heterocycles. The van der Waals surface area contributed by atoms with Crippen LogP contribution in [0.4, 0.5) is 10.3 Å². The number of halogens is 1. The molecule has 4 rings (SSSR count). The molecule has 182 valence electrons. The monoisotopic (exact) mass is 467 g/mol. The van der Waals surface area contributed by atoms with Crippen LogP contribution in [0, 0.1) is 18.7 Å². The predicted molar refractivity (Wildman–Crippen MR) is 130 cm³/mol. The first-order valence-corrected chi connectivity index (χ1v) is 12.0. The Morgan fingerprint density at radius 1 is 1.09 bits per heavy atom. The number of hydrogen-bond donors (Lipinski definition) is 0. The third-order valence-electron chi connectivity index (χ3n) is 6.04. The van der Waals surface area contributed by atoms with Crippen molar-refractivity contribution in [2.75, 3.05) is 44.4 Å². The Kier molecular flexibility index (Phi) is 8.18. The fourth-order valence-corrected chi connectivity index (χ4v) is 3.94. The number of piperazine rings is 1. The Labute approximate surface area is 200 Å². The second-order valence-electron chi connectivity index (χ2n) is 9.16. The van der Waals surface area contributed by atoms with E-state index in [1.807, 2.05) is 10.7 Å². The van der Waals surface area contributed by atoms with Gasteiger partial charge in [0.2, 0.25) is 5.95 Å². The number of rotatable bonds is 10. The van der Waals surface area contributed by atoms with Crippen LogP contribution in [-0.2, 0) is 17.7 Å². The number of hydrogen-bond acceptors (Lipinski definition) is 7. The maximum Gasteiger partial charge on any atom is 0.225 e. The molecule has 0 radical (unpaired) electrons. The average Bonchev–Trinajstić information content (AvgIpc) is 3.26. The van der Waals surface area contributed by atoms with Gasteiger partial charge in [-0.3, -0.25) is 4.90 Å². The zero-order chi connectivity index (χ0) is 23.9. The highest BCUT2D eigenvalue weighted by molar-refractivity contribution is 5.55. The van der Waals surface area contributed by atoms with E-state index in [-0.39, 0.29) is 5.82 Å². The van der Waals surface area contributed by atoms with Crippen molar-refractivity contribution in [3.63, 3.8) is 0 Å². The number of ether oxygens (including phenoxy) is 1. The summed E-state index contributed by atoms with van der Waals surface area (Å²) >= 11 is 0. The summed E-state index contributed by atoms with van der Waals surface area (Å²) in [6.07, 6.45) is 5.45. The van der Waals surface area contributed by atoms with Gasteiger partial charge < -0.3 is 9.64 Å². The Morgan fingerprint density at radius 2 is 1.85 bits per heavy atom. The molecular formula is C25H34FN7O. The van der Waals surface area contributed by atoms with Crippen molar-refractivity contribution in [2.24, 2.45) is 5.92 Å². The van der Waals surface area contributed by atoms with Crippen molar-refractivity contribution in [1.82, 2.24) is 29.6 Å². The van der Waals surface area contributed by atoms with Crippen LogP contribution in [0.2, 0.25) is 0 Å². The molecule has 1 fully saturated rings. The largest absolute Gasteiger partial charge is 0.364 e. The van der Waals surface area contributed by atoms with Crippen LogP contribution in [0.3, 0.4) is 0 Å². The van der Waals surface area contributed by atoms with Crippen molar-refractivity contribution >= 4 is 5.95 Å². The van der Waals surface area contributed by atoms with Gasteiger partial charge in [0.05, 0.1) is 19.9 Å². The van der Waals surface area contributed by atoms with E-state index >= 15 is 0 Å². The minimum Gasteiger partial charge on any atom is -0.364 e. The van der Waals surface area contributed by atoms with Crippen molar-refractivity contribution < 1.29 is 9.13 Å². The summed E-state index contributed by atoms with van der Waals surface area (Å²) in [4.78, 5) is 17.9. The minimum absolute atomic E-state index is 0.214. The lowest BCUT2D eigenvalue weighted by atomic mass is 10.1. The van der Waals surface area contributed by atoms with Crippen LogP contribution in [-0.4, -0.2) is 69.1 Å². The summed E-state index contributed by atoms with van der Waals surface area (Å²) < 4.78 is 21.6. The normalized spacial score (nSPS) is 14.8. The van der Waals surface area contributed by atoms with Gasteiger partial charge in [0, 0.05) is 50.6 Å². The van der Waals surface area contributed by atoms with Gasteiger partial charge in [-0.05, 0) is 49.1 Å². The molecule has 0 bridgehead atoms. The molecule has 8 nitrogen and oxygen atoms in total. The van der Waals surface area contributed by atoms with Gasteiger partial charge in [-0.1, -0.05) is 13.8 Å². The highest BCUT2D eigenvalue weighted by atomic mass is 19.1. The molecule has 3 heterocycles. The summed E-state index contributed by atoms with van der Waals surface area (Å²) in [5.41, 5.74) is 1.43. The molecule has 1 aliphatic rings. The Bertz CT molecular complexity index is 1050. The SMILES string of the molecule is Cc1cc(-c2nc(CCC(C)C)n(CCOCN3CCN(c4ncccn4)CC3)n2)ccc1F. The van der Waals surface area contributed by atoms with Crippen molar-refractivity contribution in [3.8, 4) is 11.4 Å². The molecule has 0 aliphatic carbocycles. The van der Waals surface area contributed by atoms with Crippen LogP contribution < -0.4 is 4.90 Å². The van der Waals surface area contributed by atoms with Gasteiger partial charge in [-0.25, -0.2) is 24.0 Å². The van der Waals surface area contributed by atoms with Gasteiger partial charge in [0.25, 0.3) is 0 Å². The average molecular weight is 468 g/mol. The van der Waals surface area contributed by atoms with E-state index in [1.165, 1.54) is 6.07 Å². The number of aryl methyl sites for hydroxylation is 2. The maximum atomic E-state index is 13.7. The highest BCUT2D eigenvalue weighted by Crippen LogP contribution is 2.20. The molecule has 1 aromatic carbocycles. The maximum absolute atomic E-state index is 13.7. The molecule has 3 aromatic rings. The Balaban J connectivity index is 1.30. The molecule has 0 unspecified atom stereocenters. The first-order chi connectivity index (χ1) is 16.5. The van der Waals surface area contributed by atoms with Crippen LogP contribution in [0.5, 0.6) is 0 Å². The summed E-state index contributed by atoms with van der Waals surface area (Å²) in [5.74, 6) is 2.74. The molecule has 34 heavy (non-hydrogen) atoms. The Hall–Kier alpha value is -2.91. The lowest BCUT2D eigenvalue weighted by Gasteiger charge is -2.34. The summed E-state index contributed by atoms with van der Waals surface area (Å²) in [5, 5.41) is 4.73. The van der Waals surface area contributed by atoms with Gasteiger partial charge in [0.1, 0.15) is 11.6 Å². The van der Waals surface area contributed by atoms with E-state index in [0.717, 1.165) is 56.4 Å². The molecule has 2 aromatic heterocycles. The zero-order valence-corrected chi connectivity index (χ0v) is 20.3. The highest BCUT2D eigenvalue weighted by Gasteiger charge is 2.19. The molecule has 0 N–H and O–H groups in total. The van der Waals surface area contributed by atoms with Gasteiger partial charge in [-0.15, -0.1) is 0 Å². The standard InChI is InChI=1S/C25H34FN7O/c1-19(2)5-8-23-29-24(21-6-7-22(26)20(3)17-21)30-33(23)15-16-34-18-31-11-13-32(14-12-31)25-27-9-4-10-28-25/h4,6-7,9-10,17,19H,5,8,11-16,18H2,1-3H3. The Morgan fingerprint density at radius 3 is 2.56 bits per heavy atom. The fourth-order valence-electron chi connectivity index (χ4n) is 3.94. The van der Waals surface area contributed by atoms with Crippen LogP contribution >= 0.6 is 0 Å². The van der Waals surface area contributed by atoms with Crippen molar-refractivity contribution in [1.29, 1.82) is 0 Å². The topological polar surface area (TPSA) is 72.2 Å². The predicted octanol–water partition coefficient (Wildman–Crippen LogP) is 3.57. The lowest BCUT2D eigenvalue weighted by molar-refractivity contribution is 0.0207. The molecule has 9 heteroatoms. The van der Waals surface area contributed by atoms with Crippen LogP contribution in [0.1, 0.15) is 31.7 Å². The van der Waals surface area contributed by atoms with Crippen LogP contribution in [0.25, 0.3) is 11.4 Å². The molecule has 0 amide bonds. The lowest BCUT2D eigenvalue weighted by Crippen LogP contribution is -2.47. The third-order valence-corrected chi connectivity index (χ3v) is 6.04. The summed E-state index contributed by atoms with van der Waals surface area (Å²) in [6.45, 7) is 11.5. The van der Waals surface area contributed by atoms with E-state index in [9.17, 15) is 4.39 Å². The van der Waals surface area contributed by atoms with Crippen LogP contribution in [0.15, 0.2) is 36.7 Å². The molecule has 0 saturated carbocycles. The van der Waals surface area contributed by atoms with Gasteiger partial charge >= 0.3 is 0 Å². The second-order valence-corrected chi connectivity index (χ2v) is 9.16. The zero-order valence-electron chi connectivity index (χ0n) is 20.3. The first kappa shape index (κ1) is 24.2. The van der Waals surface area contributed by atoms with Crippen molar-refractivity contribution in [2.45, 2.75) is 40.2 Å². The molecular weight excluding hydrogens is 433 g/mol. The smallest absolute Gasteiger partial charge is 0.225 e. The van der Waals surface area contributed by atoms with Gasteiger partial charge in [0.15, 0.2) is 5.82 Å². The molecule has 1 saturated heterocycles. The molecule has 0 spiro atoms. The van der Waals surface area contributed by atoms with Gasteiger partial charge in [-0.2, -0.15) is 5.10 Å². The van der Waals surface area contributed by atoms with E-state index in [0.29, 0.717) is 37.2 Å². The minimum atomic E-state index is -0.214. The third kappa shape index (κ3) is 6.36. The number of benzene rings is 1. The van der Waals surface area contributed by atoms with E-state index in [4.69, 9.17) is 14.8 Å². The molecule has 0 atom stereocenters. The van der Waals surface area contributed by atoms with Crippen molar-refractivity contribution in [3.05, 3.63) is 53.9 Å². The first-order valence-electron chi connectivity index (χ1n) is 12.0. The number of anilines is 1. The second kappa shape index (κ2) is 11.5. The fraction of sp³-hybridized carbons (Fsp3) is 0.520. The van der Waals surface area contributed by atoms with E-state index < -0.39 is 0 Å². The van der Waals surface area contributed by atoms with E-state index in [2.05, 4.69) is 33.6 Å².